The Morgan fingerprint density at radius 3 is 1.72 bits per heavy atom. The van der Waals surface area contributed by atoms with Gasteiger partial charge in [-0.05, 0) is 69.1 Å². The van der Waals surface area contributed by atoms with Crippen LogP contribution >= 0.6 is 0 Å². The van der Waals surface area contributed by atoms with Crippen molar-refractivity contribution in [3.63, 3.8) is 0 Å². The second-order valence-corrected chi connectivity index (χ2v) is 15.6. The molecule has 5 rings (SSSR count). The number of rotatable bonds is 27. The summed E-state index contributed by atoms with van der Waals surface area (Å²) in [5.74, 6) is -7.40. The average Bonchev–Trinajstić information content (AvgIpc) is 3.30. The quantitative estimate of drug-likeness (QED) is 0.0148. The Morgan fingerprint density at radius 1 is 0.704 bits per heavy atom. The van der Waals surface area contributed by atoms with E-state index < -0.39 is 91.4 Å². The number of nitrogens with zero attached hydrogens (tertiary/aromatic N) is 4. The van der Waals surface area contributed by atoms with Crippen molar-refractivity contribution in [1.29, 1.82) is 0 Å². The Kier molecular flexibility index (Phi) is 20.4. The third kappa shape index (κ3) is 16.9. The first-order valence-corrected chi connectivity index (χ1v) is 21.3. The highest BCUT2D eigenvalue weighted by Gasteiger charge is 2.29. The fraction of sp³-hybridized carbons (Fsp3) is 0.378. The Morgan fingerprint density at radius 2 is 1.23 bits per heavy atom. The molecule has 4 aromatic rings. The van der Waals surface area contributed by atoms with Crippen LogP contribution in [0.5, 0.6) is 23.0 Å². The number of carbonyl (C=O) groups excluding carboxylic acids is 1. The average molecular weight is 998 g/mol. The first kappa shape index (κ1) is 55.1. The molecular formula is C45H51N5O21. The lowest BCUT2D eigenvalue weighted by Crippen LogP contribution is -2.45. The summed E-state index contributed by atoms with van der Waals surface area (Å²) < 4.78 is 27.6. The van der Waals surface area contributed by atoms with Crippen LogP contribution in [0, 0.1) is 10.1 Å². The van der Waals surface area contributed by atoms with Crippen LogP contribution in [0.2, 0.25) is 0 Å². The third-order valence-corrected chi connectivity index (χ3v) is 10.7. The number of hydrogen-bond donors (Lipinski definition) is 7. The van der Waals surface area contributed by atoms with Crippen molar-refractivity contribution in [3.05, 3.63) is 86.3 Å². The van der Waals surface area contributed by atoms with Crippen LogP contribution in [-0.2, 0) is 35.4 Å². The summed E-state index contributed by atoms with van der Waals surface area (Å²) in [6, 6.07) is 12.4. The van der Waals surface area contributed by atoms with E-state index in [0.29, 0.717) is 17.7 Å². The van der Waals surface area contributed by atoms with Gasteiger partial charge in [-0.15, -0.1) is 0 Å². The number of methoxy groups -OCH3 is 1. The molecule has 3 aromatic carbocycles. The maximum Gasteiger partial charge on any atom is 0.346 e. The van der Waals surface area contributed by atoms with Crippen LogP contribution in [0.25, 0.3) is 11.0 Å². The second-order valence-electron chi connectivity index (χ2n) is 15.6. The molecule has 0 unspecified atom stereocenters. The van der Waals surface area contributed by atoms with Crippen molar-refractivity contribution in [2.24, 2.45) is 0 Å². The van der Waals surface area contributed by atoms with Gasteiger partial charge in [0.1, 0.15) is 80.1 Å². The van der Waals surface area contributed by atoms with E-state index in [2.05, 4.69) is 5.32 Å². The van der Waals surface area contributed by atoms with Gasteiger partial charge in [0.15, 0.2) is 6.29 Å². The Balaban J connectivity index is 0.000000543. The van der Waals surface area contributed by atoms with Crippen molar-refractivity contribution < 1.29 is 92.5 Å². The smallest absolute Gasteiger partial charge is 0.346 e. The van der Waals surface area contributed by atoms with Gasteiger partial charge in [-0.2, -0.15) is 0 Å². The van der Waals surface area contributed by atoms with E-state index in [0.717, 1.165) is 47.6 Å². The maximum atomic E-state index is 12.2. The predicted molar refractivity (Wildman–Crippen MR) is 246 cm³/mol. The molecule has 0 atom stereocenters. The summed E-state index contributed by atoms with van der Waals surface area (Å²) in [6.07, 6.45) is 3.98. The number of aliphatic carboxylic acids is 6. The van der Waals surface area contributed by atoms with Crippen LogP contribution in [0.4, 0.5) is 17.1 Å². The van der Waals surface area contributed by atoms with Gasteiger partial charge < -0.3 is 69.1 Å². The van der Waals surface area contributed by atoms with E-state index in [1.807, 2.05) is 7.05 Å². The number of nitro benzene ring substituents is 1. The number of aldehydes is 1. The molecule has 1 aliphatic carbocycles. The summed E-state index contributed by atoms with van der Waals surface area (Å²) >= 11 is 0. The first-order chi connectivity index (χ1) is 33.7. The lowest BCUT2D eigenvalue weighted by atomic mass is 9.90. The monoisotopic (exact) mass is 997 g/mol. The van der Waals surface area contributed by atoms with E-state index in [4.69, 9.17) is 33.6 Å². The van der Waals surface area contributed by atoms with E-state index >= 15 is 0 Å². The molecule has 0 aliphatic heterocycles. The number of nitrogens with one attached hydrogen (secondary N) is 1. The number of anilines is 2. The van der Waals surface area contributed by atoms with Gasteiger partial charge in [-0.3, -0.25) is 48.6 Å². The van der Waals surface area contributed by atoms with Gasteiger partial charge in [0, 0.05) is 29.6 Å². The van der Waals surface area contributed by atoms with Crippen molar-refractivity contribution in [1.82, 2.24) is 10.2 Å². The number of nitro groups is 1. The number of carboxylic acid groups (broad SMARTS) is 6. The Labute approximate surface area is 402 Å². The lowest BCUT2D eigenvalue weighted by molar-refractivity contribution is -0.385. The van der Waals surface area contributed by atoms with Crippen LogP contribution < -0.4 is 39.7 Å². The minimum absolute atomic E-state index is 0.00493. The van der Waals surface area contributed by atoms with Gasteiger partial charge in [0.05, 0.1) is 48.1 Å². The highest BCUT2D eigenvalue weighted by molar-refractivity contribution is 5.85. The summed E-state index contributed by atoms with van der Waals surface area (Å²) in [5, 5.41) is 71.1. The van der Waals surface area contributed by atoms with Crippen LogP contribution in [0.15, 0.2) is 63.8 Å². The number of fused-ring (bicyclic) bond motifs is 1. The molecular weight excluding hydrogens is 947 g/mol. The molecule has 1 fully saturated rings. The number of carbonyl (C=O) groups is 7. The number of benzene rings is 3. The van der Waals surface area contributed by atoms with E-state index in [-0.39, 0.29) is 76.8 Å². The molecule has 0 radical (unpaired) electrons. The van der Waals surface area contributed by atoms with Gasteiger partial charge in [0.2, 0.25) is 0 Å². The molecule has 26 nitrogen and oxygen atoms in total. The highest BCUT2D eigenvalue weighted by atomic mass is 16.6. The third-order valence-electron chi connectivity index (χ3n) is 10.7. The molecule has 1 saturated carbocycles. The molecule has 1 aliphatic rings. The van der Waals surface area contributed by atoms with Crippen molar-refractivity contribution in [2.45, 2.75) is 44.4 Å². The highest BCUT2D eigenvalue weighted by Crippen LogP contribution is 2.37. The van der Waals surface area contributed by atoms with Crippen LogP contribution in [0.1, 0.15) is 41.6 Å². The van der Waals surface area contributed by atoms with Gasteiger partial charge in [-0.1, -0.05) is 0 Å². The fourth-order valence-electron chi connectivity index (χ4n) is 7.49. The Bertz CT molecular complexity index is 2600. The van der Waals surface area contributed by atoms with E-state index in [1.165, 1.54) is 49.6 Å². The van der Waals surface area contributed by atoms with E-state index in [9.17, 15) is 68.9 Å². The normalized spacial score (nSPS) is 14.0. The standard InChI is InChI=1S/C34H31N3O17.C11H20N2O4/c1-50-22-4-5-24(35(13-30(39)40)14-31(41)42)28(10-22)51-6-7-52-29-12-25(37(48)49)21(9-26(29)36(15-32(43)44)16-33(45)46)18-53-23-3-2-19-8-20(17-38)34(47)54-27(19)11-23;1-12-8-2-4-9(5-3-8)13(6-10(14)15)7-11(16)17/h2-5,8-12,17H,6-7,13-16,18H2,1H3,(H,39,40)(H,41,42)(H,43,44)(H,45,46);8-9,12H,2-7H2,1H3,(H,14,15)(H,16,17). The predicted octanol–water partition coefficient (Wildman–Crippen LogP) is 2.50. The van der Waals surface area contributed by atoms with Crippen molar-refractivity contribution in [3.8, 4) is 23.0 Å². The molecule has 0 saturated heterocycles. The maximum absolute atomic E-state index is 12.2. The zero-order chi connectivity index (χ0) is 52.4. The van der Waals surface area contributed by atoms with Crippen molar-refractivity contribution >= 4 is 70.1 Å². The number of ether oxygens (including phenoxy) is 4. The molecule has 382 valence electrons. The van der Waals surface area contributed by atoms with Crippen molar-refractivity contribution in [2.75, 3.05) is 76.4 Å². The molecule has 0 amide bonds. The fourth-order valence-corrected chi connectivity index (χ4v) is 7.49. The molecule has 26 heteroatoms. The van der Waals surface area contributed by atoms with Crippen LogP contribution in [0.3, 0.4) is 0 Å². The molecule has 1 heterocycles. The van der Waals surface area contributed by atoms with Crippen LogP contribution in [-0.4, -0.2) is 161 Å². The second kappa shape index (κ2) is 26.3. The lowest BCUT2D eigenvalue weighted by Gasteiger charge is -2.35. The molecule has 71 heavy (non-hydrogen) atoms. The van der Waals surface area contributed by atoms with Gasteiger partial charge in [-0.25, -0.2) is 4.79 Å². The number of hydrogen-bond acceptors (Lipinski definition) is 19. The topological polar surface area (TPSA) is 373 Å². The number of carboxylic acids is 6. The molecule has 0 spiro atoms. The summed E-state index contributed by atoms with van der Waals surface area (Å²) in [7, 11) is 3.26. The van der Waals surface area contributed by atoms with Gasteiger partial charge in [0.25, 0.3) is 5.69 Å². The molecule has 1 aromatic heterocycles. The zero-order valence-electron chi connectivity index (χ0n) is 38.2. The largest absolute Gasteiger partial charge is 0.497 e. The summed E-state index contributed by atoms with van der Waals surface area (Å²) in [5.41, 5.74) is -1.83. The minimum Gasteiger partial charge on any atom is -0.497 e. The molecule has 7 N–H and O–H groups in total. The Hall–Kier alpha value is -8.52. The summed E-state index contributed by atoms with van der Waals surface area (Å²) in [4.78, 5) is 106. The summed E-state index contributed by atoms with van der Waals surface area (Å²) in [6.45, 7) is -4.74. The molecule has 0 bridgehead atoms. The first-order valence-electron chi connectivity index (χ1n) is 21.3. The van der Waals surface area contributed by atoms with Gasteiger partial charge >= 0.3 is 41.4 Å². The minimum atomic E-state index is -1.44. The zero-order valence-corrected chi connectivity index (χ0v) is 38.2. The van der Waals surface area contributed by atoms with E-state index in [1.54, 1.807) is 4.90 Å². The SMILES string of the molecule is CNC1CCC(N(CC(=O)O)CC(=O)O)CC1.COc1ccc(N(CC(=O)O)CC(=O)O)c(OCCOc2cc([N+](=O)[O-])c(COc3ccc4cc(C=O)c(=O)oc4c3)cc2N(CC(=O)O)CC(=O)O)c1.